The van der Waals surface area contributed by atoms with E-state index in [0.29, 0.717) is 10.6 Å². The van der Waals surface area contributed by atoms with E-state index in [4.69, 9.17) is 23.2 Å². The summed E-state index contributed by atoms with van der Waals surface area (Å²) in [5.74, 6) is 4.87. The fraction of sp³-hybridized carbons (Fsp3) is 0.143. The van der Waals surface area contributed by atoms with Gasteiger partial charge in [0, 0.05) is 5.02 Å². The largest absolute Gasteiger partial charge is 0.398 e. The van der Waals surface area contributed by atoms with Crippen LogP contribution in [0.25, 0.3) is 0 Å². The lowest BCUT2D eigenvalue weighted by atomic mass is 10.2. The highest BCUT2D eigenvalue weighted by Gasteiger charge is 2.16. The van der Waals surface area contributed by atoms with Gasteiger partial charge in [0.15, 0.2) is 0 Å². The molecule has 5 N–H and O–H groups in total. The van der Waals surface area contributed by atoms with Gasteiger partial charge in [-0.15, -0.1) is 4.83 Å². The fourth-order valence-corrected chi connectivity index (χ4v) is 1.97. The first-order valence-corrected chi connectivity index (χ1v) is 5.52. The van der Waals surface area contributed by atoms with Crippen LogP contribution in [0.2, 0.25) is 5.02 Å². The van der Waals surface area contributed by atoms with Crippen molar-refractivity contribution >= 4 is 27.3 Å². The smallest absolute Gasteiger partial charge is 0.255 e. The van der Waals surface area contributed by atoms with Gasteiger partial charge in [-0.2, -0.15) is 0 Å². The lowest BCUT2D eigenvalue weighted by molar-refractivity contribution is 0.584. The summed E-state index contributed by atoms with van der Waals surface area (Å²) in [5, 5.41) is 0.415. The molecule has 5 nitrogen and oxygen atoms in total. The van der Waals surface area contributed by atoms with E-state index in [-0.39, 0.29) is 10.6 Å². The molecule has 0 heterocycles. The van der Waals surface area contributed by atoms with Crippen LogP contribution in [0.1, 0.15) is 5.56 Å². The molecule has 0 spiro atoms. The molecule has 0 radical (unpaired) electrons. The Hall–Kier alpha value is -0.820. The molecule has 78 valence electrons. The van der Waals surface area contributed by atoms with E-state index in [9.17, 15) is 8.42 Å². The van der Waals surface area contributed by atoms with Gasteiger partial charge in [0.2, 0.25) is 0 Å². The molecule has 0 aromatic heterocycles. The first kappa shape index (κ1) is 11.3. The van der Waals surface area contributed by atoms with Crippen LogP contribution >= 0.6 is 11.6 Å². The second kappa shape index (κ2) is 3.74. The molecule has 7 heteroatoms. The Morgan fingerprint density at radius 3 is 2.50 bits per heavy atom. The molecule has 0 aliphatic carbocycles. The van der Waals surface area contributed by atoms with Crippen LogP contribution in [0, 0.1) is 6.92 Å². The predicted molar refractivity (Wildman–Crippen MR) is 55.1 cm³/mol. The average molecular weight is 236 g/mol. The maximum absolute atomic E-state index is 11.3. The van der Waals surface area contributed by atoms with Crippen molar-refractivity contribution < 1.29 is 8.42 Å². The number of aryl methyl sites for hydroxylation is 1. The molecule has 0 fully saturated rings. The van der Waals surface area contributed by atoms with Gasteiger partial charge in [-0.1, -0.05) is 11.6 Å². The van der Waals surface area contributed by atoms with Gasteiger partial charge < -0.3 is 5.73 Å². The van der Waals surface area contributed by atoms with Crippen LogP contribution in [0.5, 0.6) is 0 Å². The van der Waals surface area contributed by atoms with Gasteiger partial charge in [-0.25, -0.2) is 8.42 Å². The normalized spacial score (nSPS) is 11.6. The highest BCUT2D eigenvalue weighted by Crippen LogP contribution is 2.25. The minimum Gasteiger partial charge on any atom is -0.398 e. The SMILES string of the molecule is Cc1cc(S(=O)(=O)NN)c(N)cc1Cl. The topological polar surface area (TPSA) is 98.2 Å². The summed E-state index contributed by atoms with van der Waals surface area (Å²) in [5.41, 5.74) is 6.18. The zero-order valence-electron chi connectivity index (χ0n) is 7.41. The van der Waals surface area contributed by atoms with E-state index in [1.807, 2.05) is 0 Å². The Morgan fingerprint density at radius 2 is 2.00 bits per heavy atom. The zero-order chi connectivity index (χ0) is 10.9. The molecule has 1 aromatic rings. The number of halogens is 1. The van der Waals surface area contributed by atoms with Crippen LogP contribution < -0.4 is 16.4 Å². The van der Waals surface area contributed by atoms with E-state index in [0.717, 1.165) is 0 Å². The third kappa shape index (κ3) is 1.98. The van der Waals surface area contributed by atoms with Crippen molar-refractivity contribution in [2.24, 2.45) is 5.84 Å². The molecule has 0 saturated heterocycles. The minimum atomic E-state index is -3.72. The number of nitrogens with one attached hydrogen (secondary N) is 1. The summed E-state index contributed by atoms with van der Waals surface area (Å²) in [6.07, 6.45) is 0. The molecule has 0 aliphatic heterocycles. The third-order valence-electron chi connectivity index (χ3n) is 1.74. The number of hydrogen-bond donors (Lipinski definition) is 3. The van der Waals surface area contributed by atoms with Crippen LogP contribution in [-0.2, 0) is 10.0 Å². The monoisotopic (exact) mass is 235 g/mol. The maximum Gasteiger partial charge on any atom is 0.255 e. The molecule has 1 aromatic carbocycles. The van der Waals surface area contributed by atoms with Crippen LogP contribution in [0.4, 0.5) is 5.69 Å². The van der Waals surface area contributed by atoms with Crippen LogP contribution in [0.3, 0.4) is 0 Å². The molecule has 0 saturated carbocycles. The summed E-state index contributed by atoms with van der Waals surface area (Å²) in [4.78, 5) is 1.63. The minimum absolute atomic E-state index is 0.0677. The van der Waals surface area contributed by atoms with Crippen molar-refractivity contribution in [2.45, 2.75) is 11.8 Å². The quantitative estimate of drug-likeness (QED) is 0.392. The zero-order valence-corrected chi connectivity index (χ0v) is 8.98. The van der Waals surface area contributed by atoms with Gasteiger partial charge in [0.25, 0.3) is 10.0 Å². The Balaban J connectivity index is 3.45. The summed E-state index contributed by atoms with van der Waals surface area (Å²) >= 11 is 5.75. The molecular formula is C7H10ClN3O2S. The highest BCUT2D eigenvalue weighted by molar-refractivity contribution is 7.89. The maximum atomic E-state index is 11.3. The molecule has 0 amide bonds. The number of sulfonamides is 1. The van der Waals surface area contributed by atoms with Crippen molar-refractivity contribution in [1.29, 1.82) is 0 Å². The van der Waals surface area contributed by atoms with Gasteiger partial charge in [0.1, 0.15) is 4.90 Å². The lowest BCUT2D eigenvalue weighted by Crippen LogP contribution is -2.30. The summed E-state index contributed by atoms with van der Waals surface area (Å²) < 4.78 is 22.7. The number of nitrogen functional groups attached to an aromatic ring is 1. The fourth-order valence-electron chi connectivity index (χ4n) is 0.967. The number of hydrazine groups is 1. The van der Waals surface area contributed by atoms with Gasteiger partial charge >= 0.3 is 0 Å². The second-order valence-corrected chi connectivity index (χ2v) is 4.85. The number of anilines is 1. The second-order valence-electron chi connectivity index (χ2n) is 2.76. The van der Waals surface area contributed by atoms with E-state index in [2.05, 4.69) is 0 Å². The molecule has 14 heavy (non-hydrogen) atoms. The van der Waals surface area contributed by atoms with Crippen molar-refractivity contribution in [3.63, 3.8) is 0 Å². The van der Waals surface area contributed by atoms with E-state index >= 15 is 0 Å². The van der Waals surface area contributed by atoms with Gasteiger partial charge in [-0.05, 0) is 24.6 Å². The summed E-state index contributed by atoms with van der Waals surface area (Å²) in [6.45, 7) is 1.68. The van der Waals surface area contributed by atoms with Crippen molar-refractivity contribution in [3.8, 4) is 0 Å². The van der Waals surface area contributed by atoms with E-state index in [1.54, 1.807) is 11.8 Å². The number of hydrogen-bond acceptors (Lipinski definition) is 4. The average Bonchev–Trinajstić information content (AvgIpc) is 2.11. The molecule has 0 atom stereocenters. The number of benzene rings is 1. The molecular weight excluding hydrogens is 226 g/mol. The first-order chi connectivity index (χ1) is 6.38. The van der Waals surface area contributed by atoms with Crippen LogP contribution in [-0.4, -0.2) is 8.42 Å². The Morgan fingerprint density at radius 1 is 1.43 bits per heavy atom. The van der Waals surface area contributed by atoms with Crippen molar-refractivity contribution in [1.82, 2.24) is 4.83 Å². The van der Waals surface area contributed by atoms with Crippen molar-refractivity contribution in [2.75, 3.05) is 5.73 Å². The molecule has 0 unspecified atom stereocenters. The third-order valence-corrected chi connectivity index (χ3v) is 3.39. The van der Waals surface area contributed by atoms with Gasteiger partial charge in [-0.3, -0.25) is 5.84 Å². The Labute approximate surface area is 87.1 Å². The summed E-state index contributed by atoms with van der Waals surface area (Å²) in [7, 11) is -3.72. The standard InChI is InChI=1S/C7H10ClN3O2S/c1-4-2-7(14(12,13)11-10)6(9)3-5(4)8/h2-3,11H,9-10H2,1H3. The molecule has 1 rings (SSSR count). The molecule has 0 bridgehead atoms. The Kier molecular flexibility index (Phi) is 3.01. The number of rotatable bonds is 2. The van der Waals surface area contributed by atoms with E-state index in [1.165, 1.54) is 12.1 Å². The summed E-state index contributed by atoms with van der Waals surface area (Å²) in [6, 6.07) is 2.74. The van der Waals surface area contributed by atoms with Gasteiger partial charge in [0.05, 0.1) is 5.69 Å². The highest BCUT2D eigenvalue weighted by atomic mass is 35.5. The first-order valence-electron chi connectivity index (χ1n) is 3.66. The lowest BCUT2D eigenvalue weighted by Gasteiger charge is -2.08. The van der Waals surface area contributed by atoms with E-state index < -0.39 is 10.0 Å². The molecule has 0 aliphatic rings. The van der Waals surface area contributed by atoms with Crippen LogP contribution in [0.15, 0.2) is 17.0 Å². The van der Waals surface area contributed by atoms with Crippen molar-refractivity contribution in [3.05, 3.63) is 22.7 Å². The predicted octanol–water partition coefficient (Wildman–Crippen LogP) is 0.383. The number of nitrogens with two attached hydrogens (primary N) is 2. The Bertz CT molecular complexity index is 458.